The first-order chi connectivity index (χ1) is 10.1. The number of likely N-dealkylation sites (tertiary alicyclic amines) is 1. The van der Waals surface area contributed by atoms with E-state index in [1.807, 2.05) is 31.2 Å². The van der Waals surface area contributed by atoms with Crippen LogP contribution in [0.5, 0.6) is 0 Å². The molecule has 0 bridgehead atoms. The highest BCUT2D eigenvalue weighted by atomic mass is 16.5. The van der Waals surface area contributed by atoms with Gasteiger partial charge in [0.2, 0.25) is 5.91 Å². The molecule has 5 nitrogen and oxygen atoms in total. The predicted molar refractivity (Wildman–Crippen MR) is 79.7 cm³/mol. The number of hydrogen-bond donors (Lipinski definition) is 1. The van der Waals surface area contributed by atoms with Crippen LogP contribution >= 0.6 is 0 Å². The molecule has 2 amide bonds. The van der Waals surface area contributed by atoms with Crippen LogP contribution in [0.2, 0.25) is 0 Å². The number of carbonyl (C=O) groups is 2. The van der Waals surface area contributed by atoms with Gasteiger partial charge in [0, 0.05) is 19.6 Å². The summed E-state index contributed by atoms with van der Waals surface area (Å²) in [4.78, 5) is 25.4. The number of ether oxygens (including phenoxy) is 1. The summed E-state index contributed by atoms with van der Waals surface area (Å²) >= 11 is 0. The lowest BCUT2D eigenvalue weighted by Crippen LogP contribution is -2.45. The highest BCUT2D eigenvalue weighted by Gasteiger charge is 2.28. The van der Waals surface area contributed by atoms with Crippen molar-refractivity contribution in [3.63, 3.8) is 0 Å². The number of piperidine rings is 1. The Morgan fingerprint density at radius 3 is 2.86 bits per heavy atom. The van der Waals surface area contributed by atoms with E-state index >= 15 is 0 Å². The van der Waals surface area contributed by atoms with Gasteiger partial charge in [-0.2, -0.15) is 0 Å². The molecule has 0 aliphatic carbocycles. The van der Waals surface area contributed by atoms with E-state index < -0.39 is 0 Å². The van der Waals surface area contributed by atoms with Crippen molar-refractivity contribution >= 4 is 12.0 Å². The summed E-state index contributed by atoms with van der Waals surface area (Å²) in [5.41, 5.74) is 2.28. The molecule has 0 saturated carbocycles. The van der Waals surface area contributed by atoms with Gasteiger partial charge < -0.3 is 15.0 Å². The SMILES string of the molecule is COC(=O)N1CCCC(C(=O)NCc2ccccc2C)C1. The quantitative estimate of drug-likeness (QED) is 0.927. The third-order valence-electron chi connectivity index (χ3n) is 3.94. The maximum absolute atomic E-state index is 12.2. The van der Waals surface area contributed by atoms with E-state index in [9.17, 15) is 9.59 Å². The Labute approximate surface area is 125 Å². The Morgan fingerprint density at radius 2 is 2.14 bits per heavy atom. The fraction of sp³-hybridized carbons (Fsp3) is 0.500. The van der Waals surface area contributed by atoms with Gasteiger partial charge in [-0.1, -0.05) is 24.3 Å². The zero-order chi connectivity index (χ0) is 15.2. The molecular formula is C16H22N2O3. The molecule has 0 radical (unpaired) electrons. The molecule has 1 atom stereocenters. The first kappa shape index (κ1) is 15.4. The van der Waals surface area contributed by atoms with Crippen molar-refractivity contribution in [1.82, 2.24) is 10.2 Å². The lowest BCUT2D eigenvalue weighted by Gasteiger charge is -2.30. The van der Waals surface area contributed by atoms with Gasteiger partial charge in [-0.25, -0.2) is 4.79 Å². The topological polar surface area (TPSA) is 58.6 Å². The normalized spacial score (nSPS) is 18.2. The summed E-state index contributed by atoms with van der Waals surface area (Å²) in [5.74, 6) is -0.145. The van der Waals surface area contributed by atoms with Crippen LogP contribution < -0.4 is 5.32 Å². The van der Waals surface area contributed by atoms with Gasteiger partial charge in [0.25, 0.3) is 0 Å². The zero-order valence-electron chi connectivity index (χ0n) is 12.6. The van der Waals surface area contributed by atoms with E-state index in [4.69, 9.17) is 4.74 Å². The molecule has 1 heterocycles. The van der Waals surface area contributed by atoms with Crippen molar-refractivity contribution in [3.8, 4) is 0 Å². The van der Waals surface area contributed by atoms with Crippen LogP contribution in [0.4, 0.5) is 4.79 Å². The average molecular weight is 290 g/mol. The van der Waals surface area contributed by atoms with Crippen molar-refractivity contribution in [3.05, 3.63) is 35.4 Å². The molecule has 1 N–H and O–H groups in total. The maximum atomic E-state index is 12.2. The highest BCUT2D eigenvalue weighted by molar-refractivity contribution is 5.80. The van der Waals surface area contributed by atoms with Gasteiger partial charge in [0.1, 0.15) is 0 Å². The molecule has 114 valence electrons. The lowest BCUT2D eigenvalue weighted by molar-refractivity contribution is -0.126. The highest BCUT2D eigenvalue weighted by Crippen LogP contribution is 2.17. The Kier molecular flexibility index (Phi) is 5.20. The summed E-state index contributed by atoms with van der Waals surface area (Å²) in [5, 5.41) is 2.97. The van der Waals surface area contributed by atoms with E-state index in [0.29, 0.717) is 19.6 Å². The molecule has 0 spiro atoms. The minimum Gasteiger partial charge on any atom is -0.453 e. The fourth-order valence-electron chi connectivity index (χ4n) is 2.62. The first-order valence-corrected chi connectivity index (χ1v) is 7.27. The van der Waals surface area contributed by atoms with E-state index in [1.54, 1.807) is 4.90 Å². The second kappa shape index (κ2) is 7.11. The van der Waals surface area contributed by atoms with Crippen LogP contribution in [-0.2, 0) is 16.1 Å². The zero-order valence-corrected chi connectivity index (χ0v) is 12.6. The summed E-state index contributed by atoms with van der Waals surface area (Å²) < 4.78 is 4.72. The number of amides is 2. The van der Waals surface area contributed by atoms with Crippen molar-refractivity contribution < 1.29 is 14.3 Å². The Morgan fingerprint density at radius 1 is 1.38 bits per heavy atom. The number of aryl methyl sites for hydroxylation is 1. The van der Waals surface area contributed by atoms with Crippen molar-refractivity contribution in [2.75, 3.05) is 20.2 Å². The number of carbonyl (C=O) groups excluding carboxylic acids is 2. The van der Waals surface area contributed by atoms with E-state index in [1.165, 1.54) is 7.11 Å². The van der Waals surface area contributed by atoms with Gasteiger partial charge in [0.15, 0.2) is 0 Å². The number of nitrogens with zero attached hydrogens (tertiary/aromatic N) is 1. The Hall–Kier alpha value is -2.04. The Balaban J connectivity index is 1.88. The second-order valence-electron chi connectivity index (χ2n) is 5.40. The number of benzene rings is 1. The molecule has 1 unspecified atom stereocenters. The monoisotopic (exact) mass is 290 g/mol. The third-order valence-corrected chi connectivity index (χ3v) is 3.94. The lowest BCUT2D eigenvalue weighted by atomic mass is 9.97. The number of hydrogen-bond acceptors (Lipinski definition) is 3. The summed E-state index contributed by atoms with van der Waals surface area (Å²) in [6.45, 7) is 3.65. The number of nitrogens with one attached hydrogen (secondary N) is 1. The fourth-order valence-corrected chi connectivity index (χ4v) is 2.62. The van der Waals surface area contributed by atoms with Crippen molar-refractivity contribution in [2.24, 2.45) is 5.92 Å². The van der Waals surface area contributed by atoms with E-state index in [0.717, 1.165) is 24.0 Å². The van der Waals surface area contributed by atoms with Crippen LogP contribution in [0.1, 0.15) is 24.0 Å². The molecule has 0 aromatic heterocycles. The number of methoxy groups -OCH3 is 1. The van der Waals surface area contributed by atoms with E-state index in [2.05, 4.69) is 5.32 Å². The summed E-state index contributed by atoms with van der Waals surface area (Å²) in [7, 11) is 1.37. The van der Waals surface area contributed by atoms with Crippen molar-refractivity contribution in [1.29, 1.82) is 0 Å². The molecular weight excluding hydrogens is 268 g/mol. The van der Waals surface area contributed by atoms with Gasteiger partial charge in [-0.05, 0) is 30.9 Å². The van der Waals surface area contributed by atoms with Gasteiger partial charge >= 0.3 is 6.09 Å². The van der Waals surface area contributed by atoms with E-state index in [-0.39, 0.29) is 17.9 Å². The van der Waals surface area contributed by atoms with Crippen LogP contribution in [-0.4, -0.2) is 37.1 Å². The Bertz CT molecular complexity index is 516. The molecule has 1 aromatic carbocycles. The molecule has 5 heteroatoms. The minimum atomic E-state index is -0.355. The molecule has 1 saturated heterocycles. The molecule has 1 aromatic rings. The minimum absolute atomic E-state index is 0.00635. The molecule has 1 aliphatic rings. The largest absolute Gasteiger partial charge is 0.453 e. The van der Waals surface area contributed by atoms with Gasteiger partial charge in [-0.15, -0.1) is 0 Å². The molecule has 1 fully saturated rings. The van der Waals surface area contributed by atoms with Gasteiger partial charge in [0.05, 0.1) is 13.0 Å². The second-order valence-corrected chi connectivity index (χ2v) is 5.40. The smallest absolute Gasteiger partial charge is 0.409 e. The maximum Gasteiger partial charge on any atom is 0.409 e. The van der Waals surface area contributed by atoms with Crippen LogP contribution in [0.25, 0.3) is 0 Å². The van der Waals surface area contributed by atoms with Crippen molar-refractivity contribution in [2.45, 2.75) is 26.3 Å². The number of rotatable bonds is 3. The van der Waals surface area contributed by atoms with Crippen LogP contribution in [0, 0.1) is 12.8 Å². The standard InChI is InChI=1S/C16H22N2O3/c1-12-6-3-4-7-13(12)10-17-15(19)14-8-5-9-18(11-14)16(20)21-2/h3-4,6-7,14H,5,8-11H2,1-2H3,(H,17,19). The molecule has 21 heavy (non-hydrogen) atoms. The summed E-state index contributed by atoms with van der Waals surface area (Å²) in [6, 6.07) is 7.99. The first-order valence-electron chi connectivity index (χ1n) is 7.27. The molecule has 1 aliphatic heterocycles. The van der Waals surface area contributed by atoms with Gasteiger partial charge in [-0.3, -0.25) is 4.79 Å². The third kappa shape index (κ3) is 3.97. The summed E-state index contributed by atoms with van der Waals surface area (Å²) in [6.07, 6.45) is 1.29. The average Bonchev–Trinajstić information content (AvgIpc) is 2.53. The van der Waals surface area contributed by atoms with Crippen LogP contribution in [0.15, 0.2) is 24.3 Å². The van der Waals surface area contributed by atoms with Crippen LogP contribution in [0.3, 0.4) is 0 Å². The molecule has 2 rings (SSSR count). The predicted octanol–water partition coefficient (Wildman–Crippen LogP) is 2.09.